The Morgan fingerprint density at radius 2 is 2.05 bits per heavy atom. The zero-order chi connectivity index (χ0) is 14.8. The molecule has 0 bridgehead atoms. The van der Waals surface area contributed by atoms with Gasteiger partial charge in [-0.25, -0.2) is 0 Å². The number of nitrogens with zero attached hydrogens (tertiary/aromatic N) is 2. The lowest BCUT2D eigenvalue weighted by Crippen LogP contribution is -2.30. The van der Waals surface area contributed by atoms with Gasteiger partial charge in [-0.3, -0.25) is 4.98 Å². The summed E-state index contributed by atoms with van der Waals surface area (Å²) in [7, 11) is 0. The molecule has 2 aliphatic rings. The number of hydrogen-bond acceptors (Lipinski definition) is 3. The molecule has 2 saturated carbocycles. The molecule has 0 radical (unpaired) electrons. The van der Waals surface area contributed by atoms with Crippen molar-refractivity contribution >= 4 is 5.69 Å². The topological polar surface area (TPSA) is 28.2 Å². The molecule has 0 atom stereocenters. The summed E-state index contributed by atoms with van der Waals surface area (Å²) in [6.45, 7) is 8.90. The molecule has 0 amide bonds. The molecular formula is C18H29N3. The summed E-state index contributed by atoms with van der Waals surface area (Å²) in [5.74, 6) is 0.766. The first-order valence-electron chi connectivity index (χ1n) is 8.59. The minimum Gasteiger partial charge on any atom is -0.368 e. The van der Waals surface area contributed by atoms with Crippen LogP contribution < -0.4 is 10.2 Å². The predicted molar refractivity (Wildman–Crippen MR) is 88.7 cm³/mol. The molecule has 1 N–H and O–H groups in total. The van der Waals surface area contributed by atoms with Crippen molar-refractivity contribution in [2.24, 2.45) is 5.92 Å². The van der Waals surface area contributed by atoms with E-state index in [2.05, 4.69) is 48.2 Å². The molecule has 0 saturated heterocycles. The van der Waals surface area contributed by atoms with E-state index in [-0.39, 0.29) is 0 Å². The molecule has 2 fully saturated rings. The predicted octanol–water partition coefficient (Wildman–Crippen LogP) is 3.66. The Labute approximate surface area is 129 Å². The van der Waals surface area contributed by atoms with Crippen LogP contribution in [0.4, 0.5) is 5.69 Å². The summed E-state index contributed by atoms with van der Waals surface area (Å²) in [5.41, 5.74) is 3.94. The van der Waals surface area contributed by atoms with E-state index in [9.17, 15) is 0 Å². The third kappa shape index (κ3) is 4.19. The molecule has 1 aromatic heterocycles. The Balaban J connectivity index is 1.76. The van der Waals surface area contributed by atoms with Crippen molar-refractivity contribution < 1.29 is 0 Å². The van der Waals surface area contributed by atoms with E-state index < -0.39 is 0 Å². The van der Waals surface area contributed by atoms with Gasteiger partial charge in [0.1, 0.15) is 0 Å². The van der Waals surface area contributed by atoms with E-state index in [1.54, 1.807) is 0 Å². The Morgan fingerprint density at radius 1 is 1.29 bits per heavy atom. The van der Waals surface area contributed by atoms with Crippen LogP contribution in [0.25, 0.3) is 0 Å². The van der Waals surface area contributed by atoms with Gasteiger partial charge in [0.25, 0.3) is 0 Å². The SMILES string of the molecule is Cc1cc(N(CCC(C)C)C2CC2)c(CNC2CC2)cn1. The largest absolute Gasteiger partial charge is 0.368 e. The quantitative estimate of drug-likeness (QED) is 0.791. The lowest BCUT2D eigenvalue weighted by atomic mass is 10.1. The van der Waals surface area contributed by atoms with Crippen LogP contribution in [0.2, 0.25) is 0 Å². The molecule has 3 nitrogen and oxygen atoms in total. The lowest BCUT2D eigenvalue weighted by molar-refractivity contribution is 0.568. The molecular weight excluding hydrogens is 258 g/mol. The van der Waals surface area contributed by atoms with Gasteiger partial charge >= 0.3 is 0 Å². The number of anilines is 1. The highest BCUT2D eigenvalue weighted by Gasteiger charge is 2.30. The van der Waals surface area contributed by atoms with Crippen LogP contribution in [0.15, 0.2) is 12.3 Å². The second-order valence-corrected chi connectivity index (χ2v) is 7.22. The second kappa shape index (κ2) is 6.35. The lowest BCUT2D eigenvalue weighted by Gasteiger charge is -2.28. The molecule has 0 aliphatic heterocycles. The fourth-order valence-electron chi connectivity index (χ4n) is 2.80. The van der Waals surface area contributed by atoms with E-state index in [0.717, 1.165) is 30.2 Å². The highest BCUT2D eigenvalue weighted by molar-refractivity contribution is 5.55. The van der Waals surface area contributed by atoms with Crippen molar-refractivity contribution in [1.82, 2.24) is 10.3 Å². The Kier molecular flexibility index (Phi) is 4.48. The van der Waals surface area contributed by atoms with Crippen LogP contribution in [0.5, 0.6) is 0 Å². The molecule has 1 aromatic rings. The molecule has 1 heterocycles. The molecule has 116 valence electrons. The Morgan fingerprint density at radius 3 is 2.67 bits per heavy atom. The molecule has 0 unspecified atom stereocenters. The van der Waals surface area contributed by atoms with Gasteiger partial charge in [0.05, 0.1) is 0 Å². The maximum atomic E-state index is 4.53. The summed E-state index contributed by atoms with van der Waals surface area (Å²) in [6, 6.07) is 3.82. The van der Waals surface area contributed by atoms with Crippen LogP contribution in [0.3, 0.4) is 0 Å². The van der Waals surface area contributed by atoms with Gasteiger partial charge in [0.15, 0.2) is 0 Å². The number of aromatic nitrogens is 1. The molecule has 3 heteroatoms. The summed E-state index contributed by atoms with van der Waals surface area (Å²) >= 11 is 0. The number of rotatable bonds is 8. The van der Waals surface area contributed by atoms with Crippen molar-refractivity contribution in [3.63, 3.8) is 0 Å². The number of aryl methyl sites for hydroxylation is 1. The van der Waals surface area contributed by atoms with Crippen molar-refractivity contribution in [2.45, 2.75) is 71.5 Å². The smallest absolute Gasteiger partial charge is 0.0448 e. The standard InChI is InChI=1S/C18H29N3/c1-13(2)8-9-21(17-6-7-17)18-10-14(3)19-11-15(18)12-20-16-4-5-16/h10-11,13,16-17,20H,4-9,12H2,1-3H3. The van der Waals surface area contributed by atoms with Crippen molar-refractivity contribution in [3.8, 4) is 0 Å². The number of hydrogen-bond donors (Lipinski definition) is 1. The van der Waals surface area contributed by atoms with Crippen molar-refractivity contribution in [3.05, 3.63) is 23.5 Å². The van der Waals surface area contributed by atoms with E-state index in [0.29, 0.717) is 0 Å². The van der Waals surface area contributed by atoms with E-state index in [1.807, 2.05) is 0 Å². The number of nitrogens with one attached hydrogen (secondary N) is 1. The maximum Gasteiger partial charge on any atom is 0.0448 e. The average molecular weight is 287 g/mol. The minimum absolute atomic E-state index is 0.754. The van der Waals surface area contributed by atoms with Gasteiger partial charge in [-0.2, -0.15) is 0 Å². The first-order valence-corrected chi connectivity index (χ1v) is 8.59. The van der Waals surface area contributed by atoms with Crippen molar-refractivity contribution in [1.29, 1.82) is 0 Å². The van der Waals surface area contributed by atoms with E-state index in [1.165, 1.54) is 49.9 Å². The van der Waals surface area contributed by atoms with Crippen LogP contribution in [-0.2, 0) is 6.54 Å². The van der Waals surface area contributed by atoms with Crippen LogP contribution >= 0.6 is 0 Å². The van der Waals surface area contributed by atoms with Gasteiger partial charge in [-0.15, -0.1) is 0 Å². The normalized spacial score (nSPS) is 18.3. The van der Waals surface area contributed by atoms with Gasteiger partial charge in [-0.05, 0) is 51.0 Å². The molecule has 0 spiro atoms. The van der Waals surface area contributed by atoms with Crippen LogP contribution in [0.1, 0.15) is 57.2 Å². The van der Waals surface area contributed by atoms with E-state index >= 15 is 0 Å². The monoisotopic (exact) mass is 287 g/mol. The second-order valence-electron chi connectivity index (χ2n) is 7.22. The summed E-state index contributed by atoms with van der Waals surface area (Å²) in [5, 5.41) is 3.65. The molecule has 0 aromatic carbocycles. The summed E-state index contributed by atoms with van der Waals surface area (Å²) in [4.78, 5) is 7.18. The third-order valence-corrected chi connectivity index (χ3v) is 4.50. The first kappa shape index (κ1) is 14.8. The minimum atomic E-state index is 0.754. The summed E-state index contributed by atoms with van der Waals surface area (Å²) in [6.07, 6.45) is 8.75. The Hall–Kier alpha value is -1.09. The molecule has 3 rings (SSSR count). The van der Waals surface area contributed by atoms with E-state index in [4.69, 9.17) is 0 Å². The number of pyridine rings is 1. The van der Waals surface area contributed by atoms with Crippen LogP contribution in [-0.4, -0.2) is 23.6 Å². The highest BCUT2D eigenvalue weighted by atomic mass is 15.2. The van der Waals surface area contributed by atoms with Gasteiger partial charge in [0.2, 0.25) is 0 Å². The summed E-state index contributed by atoms with van der Waals surface area (Å²) < 4.78 is 0. The van der Waals surface area contributed by atoms with Gasteiger partial charge in [-0.1, -0.05) is 13.8 Å². The Bertz CT molecular complexity index is 475. The average Bonchev–Trinajstić information content (AvgIpc) is 3.31. The highest BCUT2D eigenvalue weighted by Crippen LogP contribution is 2.34. The zero-order valence-electron chi connectivity index (χ0n) is 13.7. The third-order valence-electron chi connectivity index (χ3n) is 4.50. The zero-order valence-corrected chi connectivity index (χ0v) is 13.7. The first-order chi connectivity index (χ1) is 10.1. The fraction of sp³-hybridized carbons (Fsp3) is 0.722. The van der Waals surface area contributed by atoms with Gasteiger partial charge in [0, 0.05) is 48.3 Å². The fourth-order valence-corrected chi connectivity index (χ4v) is 2.80. The van der Waals surface area contributed by atoms with Gasteiger partial charge < -0.3 is 10.2 Å². The van der Waals surface area contributed by atoms with Crippen molar-refractivity contribution in [2.75, 3.05) is 11.4 Å². The van der Waals surface area contributed by atoms with Crippen LogP contribution in [0, 0.1) is 12.8 Å². The maximum absolute atomic E-state index is 4.53. The molecule has 21 heavy (non-hydrogen) atoms. The molecule has 2 aliphatic carbocycles.